The molecule has 0 unspecified atom stereocenters. The Kier molecular flexibility index (Phi) is 5.93. The summed E-state index contributed by atoms with van der Waals surface area (Å²) in [6, 6.07) is -0.613. The number of rotatable bonds is 4. The quantitative estimate of drug-likeness (QED) is 0.605. The van der Waals surface area contributed by atoms with Crippen molar-refractivity contribution in [2.75, 3.05) is 0 Å². The second-order valence-corrected chi connectivity index (χ2v) is 5.26. The third kappa shape index (κ3) is 6.76. The lowest BCUT2D eigenvalue weighted by atomic mass is 10.0. The number of hydrogen-bond acceptors (Lipinski definition) is 3. The van der Waals surface area contributed by atoms with Crippen molar-refractivity contribution in [3.05, 3.63) is 12.2 Å². The van der Waals surface area contributed by atoms with Gasteiger partial charge in [0.25, 0.3) is 0 Å². The normalized spacial score (nSPS) is 13.8. The van der Waals surface area contributed by atoms with E-state index in [1.807, 2.05) is 13.8 Å². The summed E-state index contributed by atoms with van der Waals surface area (Å²) in [5.74, 6) is -0.693. The first-order valence-corrected chi connectivity index (χ1v) is 5.83. The van der Waals surface area contributed by atoms with Gasteiger partial charge in [0.05, 0.1) is 0 Å². The molecule has 1 N–H and O–H groups in total. The molecule has 0 aromatic rings. The van der Waals surface area contributed by atoms with Gasteiger partial charge in [-0.3, -0.25) is 4.79 Å². The molecule has 0 saturated heterocycles. The lowest BCUT2D eigenvalue weighted by molar-refractivity contribution is -0.159. The van der Waals surface area contributed by atoms with Gasteiger partial charge in [-0.05, 0) is 39.7 Å². The number of nitrogens with one attached hydrogen (secondary N) is 1. The Labute approximate surface area is 103 Å². The minimum absolute atomic E-state index is 0.0148. The first kappa shape index (κ1) is 15.7. The van der Waals surface area contributed by atoms with E-state index in [4.69, 9.17) is 4.74 Å². The van der Waals surface area contributed by atoms with Gasteiger partial charge in [0, 0.05) is 0 Å². The van der Waals surface area contributed by atoms with Gasteiger partial charge in [-0.25, -0.2) is 4.79 Å². The third-order valence-corrected chi connectivity index (χ3v) is 1.94. The van der Waals surface area contributed by atoms with Crippen molar-refractivity contribution in [3.63, 3.8) is 0 Å². The fourth-order valence-corrected chi connectivity index (χ4v) is 1.22. The largest absolute Gasteiger partial charge is 0.458 e. The fourth-order valence-electron chi connectivity index (χ4n) is 1.22. The number of carbonyl (C=O) groups excluding carboxylic acids is 2. The SMILES string of the molecule is C/C=C/C(=O)N[C@H](C(=O)OC(C)(C)C)C(C)C. The van der Waals surface area contributed by atoms with E-state index in [9.17, 15) is 9.59 Å². The Morgan fingerprint density at radius 2 is 1.76 bits per heavy atom. The fraction of sp³-hybridized carbons (Fsp3) is 0.692. The van der Waals surface area contributed by atoms with Crippen molar-refractivity contribution in [2.24, 2.45) is 5.92 Å². The van der Waals surface area contributed by atoms with Crippen molar-refractivity contribution in [2.45, 2.75) is 53.2 Å². The zero-order chi connectivity index (χ0) is 13.6. The van der Waals surface area contributed by atoms with E-state index in [1.165, 1.54) is 6.08 Å². The third-order valence-electron chi connectivity index (χ3n) is 1.94. The molecule has 0 bridgehead atoms. The summed E-state index contributed by atoms with van der Waals surface area (Å²) < 4.78 is 5.26. The number of allylic oxidation sites excluding steroid dienone is 1. The van der Waals surface area contributed by atoms with Crippen LogP contribution in [0.4, 0.5) is 0 Å². The number of esters is 1. The lowest BCUT2D eigenvalue weighted by Crippen LogP contribution is -2.46. The first-order valence-electron chi connectivity index (χ1n) is 5.83. The summed E-state index contributed by atoms with van der Waals surface area (Å²) in [5.41, 5.74) is -0.546. The number of hydrogen-bond donors (Lipinski definition) is 1. The molecular weight excluding hydrogens is 218 g/mol. The zero-order valence-electron chi connectivity index (χ0n) is 11.5. The van der Waals surface area contributed by atoms with E-state index in [1.54, 1.807) is 33.8 Å². The molecule has 1 atom stereocenters. The van der Waals surface area contributed by atoms with Gasteiger partial charge < -0.3 is 10.1 Å². The van der Waals surface area contributed by atoms with E-state index in [0.717, 1.165) is 0 Å². The summed E-state index contributed by atoms with van der Waals surface area (Å²) in [4.78, 5) is 23.3. The van der Waals surface area contributed by atoms with Gasteiger partial charge in [-0.2, -0.15) is 0 Å². The van der Waals surface area contributed by atoms with Crippen molar-refractivity contribution in [1.82, 2.24) is 5.32 Å². The van der Waals surface area contributed by atoms with Gasteiger partial charge >= 0.3 is 5.97 Å². The van der Waals surface area contributed by atoms with Crippen LogP contribution in [-0.4, -0.2) is 23.5 Å². The average molecular weight is 241 g/mol. The Morgan fingerprint density at radius 1 is 1.24 bits per heavy atom. The molecule has 98 valence electrons. The van der Waals surface area contributed by atoms with Crippen LogP contribution in [0.5, 0.6) is 0 Å². The highest BCUT2D eigenvalue weighted by molar-refractivity contribution is 5.91. The topological polar surface area (TPSA) is 55.4 Å². The van der Waals surface area contributed by atoms with Crippen LogP contribution in [0.25, 0.3) is 0 Å². The van der Waals surface area contributed by atoms with Crippen LogP contribution in [0.15, 0.2) is 12.2 Å². The van der Waals surface area contributed by atoms with Crippen molar-refractivity contribution in [1.29, 1.82) is 0 Å². The summed E-state index contributed by atoms with van der Waals surface area (Å²) >= 11 is 0. The highest BCUT2D eigenvalue weighted by Gasteiger charge is 2.28. The van der Waals surface area contributed by atoms with Crippen LogP contribution in [0.3, 0.4) is 0 Å². The molecule has 0 heterocycles. The lowest BCUT2D eigenvalue weighted by Gasteiger charge is -2.26. The molecule has 0 aliphatic heterocycles. The molecule has 0 spiro atoms. The van der Waals surface area contributed by atoms with Crippen LogP contribution in [0.1, 0.15) is 41.5 Å². The summed E-state index contributed by atoms with van der Waals surface area (Å²) in [6.45, 7) is 10.9. The van der Waals surface area contributed by atoms with Gasteiger partial charge in [0.1, 0.15) is 11.6 Å². The van der Waals surface area contributed by atoms with E-state index in [2.05, 4.69) is 5.32 Å². The van der Waals surface area contributed by atoms with Crippen LogP contribution < -0.4 is 5.32 Å². The highest BCUT2D eigenvalue weighted by Crippen LogP contribution is 2.12. The molecule has 0 radical (unpaired) electrons. The Bertz CT molecular complexity index is 300. The summed E-state index contributed by atoms with van der Waals surface area (Å²) in [7, 11) is 0. The smallest absolute Gasteiger partial charge is 0.329 e. The second kappa shape index (κ2) is 6.42. The van der Waals surface area contributed by atoms with Crippen LogP contribution in [0.2, 0.25) is 0 Å². The molecule has 4 heteroatoms. The molecule has 17 heavy (non-hydrogen) atoms. The standard InChI is InChI=1S/C13H23NO3/c1-7-8-10(15)14-11(9(2)3)12(16)17-13(4,5)6/h7-9,11H,1-6H3,(H,14,15)/b8-7+/t11-/m0/s1. The second-order valence-electron chi connectivity index (χ2n) is 5.26. The predicted molar refractivity (Wildman–Crippen MR) is 67.4 cm³/mol. The summed E-state index contributed by atoms with van der Waals surface area (Å²) in [6.07, 6.45) is 3.02. The van der Waals surface area contributed by atoms with Gasteiger partial charge in [0.15, 0.2) is 0 Å². The maximum atomic E-state index is 11.9. The molecule has 0 aromatic carbocycles. The Morgan fingerprint density at radius 3 is 2.12 bits per heavy atom. The molecule has 4 nitrogen and oxygen atoms in total. The molecule has 0 aliphatic rings. The van der Waals surface area contributed by atoms with Crippen LogP contribution >= 0.6 is 0 Å². The maximum Gasteiger partial charge on any atom is 0.329 e. The molecular formula is C13H23NO3. The van der Waals surface area contributed by atoms with Crippen LogP contribution in [-0.2, 0) is 14.3 Å². The highest BCUT2D eigenvalue weighted by atomic mass is 16.6. The zero-order valence-corrected chi connectivity index (χ0v) is 11.5. The van der Waals surface area contributed by atoms with Crippen molar-refractivity contribution < 1.29 is 14.3 Å². The van der Waals surface area contributed by atoms with Gasteiger partial charge in [-0.1, -0.05) is 19.9 Å². The minimum atomic E-state index is -0.613. The monoisotopic (exact) mass is 241 g/mol. The first-order chi connectivity index (χ1) is 7.67. The molecule has 0 aliphatic carbocycles. The molecule has 0 aromatic heterocycles. The van der Waals surface area contributed by atoms with E-state index in [-0.39, 0.29) is 11.8 Å². The predicted octanol–water partition coefficient (Wildman–Crippen LogP) is 2.04. The maximum absolute atomic E-state index is 11.9. The van der Waals surface area contributed by atoms with Crippen molar-refractivity contribution >= 4 is 11.9 Å². The van der Waals surface area contributed by atoms with E-state index < -0.39 is 17.6 Å². The number of amides is 1. The number of carbonyl (C=O) groups is 2. The molecule has 0 fully saturated rings. The van der Waals surface area contributed by atoms with Crippen molar-refractivity contribution in [3.8, 4) is 0 Å². The number of ether oxygens (including phenoxy) is 1. The Hall–Kier alpha value is -1.32. The van der Waals surface area contributed by atoms with E-state index in [0.29, 0.717) is 0 Å². The van der Waals surface area contributed by atoms with E-state index >= 15 is 0 Å². The summed E-state index contributed by atoms with van der Waals surface area (Å²) in [5, 5.41) is 2.64. The van der Waals surface area contributed by atoms with Gasteiger partial charge in [-0.15, -0.1) is 0 Å². The van der Waals surface area contributed by atoms with Gasteiger partial charge in [0.2, 0.25) is 5.91 Å². The molecule has 0 rings (SSSR count). The van der Waals surface area contributed by atoms with Crippen LogP contribution in [0, 0.1) is 5.92 Å². The Balaban J connectivity index is 4.64. The molecule has 1 amide bonds. The average Bonchev–Trinajstić information content (AvgIpc) is 2.11. The minimum Gasteiger partial charge on any atom is -0.458 e. The molecule has 0 saturated carbocycles.